The first-order chi connectivity index (χ1) is 8.58. The first-order valence-corrected chi connectivity index (χ1v) is 6.16. The summed E-state index contributed by atoms with van der Waals surface area (Å²) in [6.07, 6.45) is 0.989. The van der Waals surface area contributed by atoms with E-state index in [-0.39, 0.29) is 5.69 Å². The Hall–Kier alpha value is -1.17. The van der Waals surface area contributed by atoms with Crippen molar-refractivity contribution in [3.8, 4) is 0 Å². The molecule has 6 heteroatoms. The molecule has 18 heavy (non-hydrogen) atoms. The van der Waals surface area contributed by atoms with Crippen LogP contribution in [0, 0.1) is 10.1 Å². The number of nitro groups is 1. The summed E-state index contributed by atoms with van der Waals surface area (Å²) in [4.78, 5) is 12.5. The molecule has 1 heterocycles. The van der Waals surface area contributed by atoms with E-state index in [4.69, 9.17) is 16.3 Å². The molecular formula is C12H15ClN2O3. The average Bonchev–Trinajstić information content (AvgIpc) is 2.85. The highest BCUT2D eigenvalue weighted by Crippen LogP contribution is 2.24. The fourth-order valence-electron chi connectivity index (χ4n) is 2.06. The molecule has 98 valence electrons. The van der Waals surface area contributed by atoms with Crippen LogP contribution in [0.15, 0.2) is 18.2 Å². The molecule has 1 aromatic rings. The maximum atomic E-state index is 10.7. The Morgan fingerprint density at radius 2 is 2.39 bits per heavy atom. The van der Waals surface area contributed by atoms with Gasteiger partial charge in [0.15, 0.2) is 0 Å². The summed E-state index contributed by atoms with van der Waals surface area (Å²) in [5, 5.41) is 11.3. The largest absolute Gasteiger partial charge is 0.380 e. The zero-order valence-corrected chi connectivity index (χ0v) is 10.9. The summed E-state index contributed by atoms with van der Waals surface area (Å²) in [6, 6.07) is 4.90. The second-order valence-electron chi connectivity index (χ2n) is 4.47. The second-order valence-corrected chi connectivity index (χ2v) is 4.87. The molecule has 0 aromatic heterocycles. The van der Waals surface area contributed by atoms with Crippen LogP contribution in [0.4, 0.5) is 5.69 Å². The average molecular weight is 271 g/mol. The second kappa shape index (κ2) is 5.65. The van der Waals surface area contributed by atoms with E-state index in [1.807, 2.05) is 7.05 Å². The van der Waals surface area contributed by atoms with Gasteiger partial charge >= 0.3 is 0 Å². The monoisotopic (exact) mass is 270 g/mol. The Bertz CT molecular complexity index is 447. The summed E-state index contributed by atoms with van der Waals surface area (Å²) < 4.78 is 5.33. The summed E-state index contributed by atoms with van der Waals surface area (Å²) in [7, 11) is 1.98. The van der Waals surface area contributed by atoms with Crippen LogP contribution in [0.5, 0.6) is 0 Å². The summed E-state index contributed by atoms with van der Waals surface area (Å²) >= 11 is 6.07. The van der Waals surface area contributed by atoms with Crippen LogP contribution in [-0.2, 0) is 11.3 Å². The molecule has 1 fully saturated rings. The number of non-ortho nitro benzene ring substituents is 1. The third-order valence-corrected chi connectivity index (χ3v) is 3.56. The van der Waals surface area contributed by atoms with Gasteiger partial charge in [-0.25, -0.2) is 0 Å². The number of ether oxygens (including phenoxy) is 1. The number of halogens is 1. The van der Waals surface area contributed by atoms with Gasteiger partial charge < -0.3 is 4.74 Å². The van der Waals surface area contributed by atoms with E-state index in [1.165, 1.54) is 12.1 Å². The molecule has 0 spiro atoms. The minimum Gasteiger partial charge on any atom is -0.380 e. The van der Waals surface area contributed by atoms with Gasteiger partial charge in [0.05, 0.1) is 11.5 Å². The highest BCUT2D eigenvalue weighted by Gasteiger charge is 2.21. The Kier molecular flexibility index (Phi) is 4.16. The van der Waals surface area contributed by atoms with Crippen molar-refractivity contribution in [2.24, 2.45) is 0 Å². The minimum absolute atomic E-state index is 0.0745. The van der Waals surface area contributed by atoms with Crippen molar-refractivity contribution < 1.29 is 9.66 Å². The number of hydrogen-bond donors (Lipinski definition) is 0. The minimum atomic E-state index is -0.404. The number of rotatable bonds is 4. The van der Waals surface area contributed by atoms with E-state index < -0.39 is 4.92 Å². The zero-order valence-electron chi connectivity index (χ0n) is 10.1. The molecule has 0 saturated carbocycles. The van der Waals surface area contributed by atoms with Crippen molar-refractivity contribution >= 4 is 17.3 Å². The van der Waals surface area contributed by atoms with E-state index in [1.54, 1.807) is 6.07 Å². The lowest BCUT2D eigenvalue weighted by Crippen LogP contribution is -2.31. The maximum Gasteiger partial charge on any atom is 0.269 e. The van der Waals surface area contributed by atoms with E-state index >= 15 is 0 Å². The Morgan fingerprint density at radius 3 is 3.00 bits per heavy atom. The van der Waals surface area contributed by atoms with Crippen molar-refractivity contribution in [2.45, 2.75) is 19.0 Å². The zero-order chi connectivity index (χ0) is 13.1. The number of likely N-dealkylation sites (N-methyl/N-ethyl adjacent to an activating group) is 1. The summed E-state index contributed by atoms with van der Waals surface area (Å²) in [5.41, 5.74) is 0.853. The van der Waals surface area contributed by atoms with E-state index in [0.29, 0.717) is 24.2 Å². The van der Waals surface area contributed by atoms with Crippen molar-refractivity contribution in [1.82, 2.24) is 4.90 Å². The molecule has 0 amide bonds. The Labute approximate surface area is 110 Å². The van der Waals surface area contributed by atoms with E-state index in [2.05, 4.69) is 4.90 Å². The molecule has 1 aromatic carbocycles. The summed E-state index contributed by atoms with van der Waals surface area (Å²) in [6.45, 7) is 2.08. The molecular weight excluding hydrogens is 256 g/mol. The van der Waals surface area contributed by atoms with Gasteiger partial charge in [0, 0.05) is 36.3 Å². The van der Waals surface area contributed by atoms with Gasteiger partial charge in [0.1, 0.15) is 0 Å². The van der Waals surface area contributed by atoms with Gasteiger partial charge in [-0.1, -0.05) is 11.6 Å². The van der Waals surface area contributed by atoms with Crippen LogP contribution in [0.3, 0.4) is 0 Å². The van der Waals surface area contributed by atoms with Gasteiger partial charge in [0.25, 0.3) is 5.69 Å². The molecule has 1 atom stereocenters. The van der Waals surface area contributed by atoms with E-state index in [9.17, 15) is 10.1 Å². The van der Waals surface area contributed by atoms with Crippen LogP contribution in [-0.4, -0.2) is 36.1 Å². The van der Waals surface area contributed by atoms with Crippen molar-refractivity contribution in [3.05, 3.63) is 38.9 Å². The third-order valence-electron chi connectivity index (χ3n) is 3.19. The van der Waals surface area contributed by atoms with Gasteiger partial charge in [-0.2, -0.15) is 0 Å². The SMILES string of the molecule is CN(Cc1cc([N+](=O)[O-])ccc1Cl)C1CCOC1. The van der Waals surface area contributed by atoms with Crippen molar-refractivity contribution in [2.75, 3.05) is 20.3 Å². The van der Waals surface area contributed by atoms with E-state index in [0.717, 1.165) is 18.6 Å². The van der Waals surface area contributed by atoms with Gasteiger partial charge in [-0.05, 0) is 25.1 Å². The summed E-state index contributed by atoms with van der Waals surface area (Å²) in [5.74, 6) is 0. The highest BCUT2D eigenvalue weighted by molar-refractivity contribution is 6.31. The molecule has 1 aliphatic heterocycles. The Morgan fingerprint density at radius 1 is 1.61 bits per heavy atom. The lowest BCUT2D eigenvalue weighted by atomic mass is 10.1. The van der Waals surface area contributed by atoms with Gasteiger partial charge in [-0.15, -0.1) is 0 Å². The number of benzene rings is 1. The van der Waals surface area contributed by atoms with Crippen LogP contribution in [0.1, 0.15) is 12.0 Å². The normalized spacial score (nSPS) is 19.4. The van der Waals surface area contributed by atoms with Crippen LogP contribution >= 0.6 is 11.6 Å². The standard InChI is InChI=1S/C12H15ClN2O3/c1-14(11-4-5-18-8-11)7-9-6-10(15(16)17)2-3-12(9)13/h2-3,6,11H,4-5,7-8H2,1H3. The van der Waals surface area contributed by atoms with Crippen LogP contribution in [0.25, 0.3) is 0 Å². The topological polar surface area (TPSA) is 55.6 Å². The number of nitro benzene ring substituents is 1. The predicted octanol–water partition coefficient (Wildman–Crippen LogP) is 2.47. The molecule has 0 radical (unpaired) electrons. The van der Waals surface area contributed by atoms with Gasteiger partial charge in [0.2, 0.25) is 0 Å². The fourth-order valence-corrected chi connectivity index (χ4v) is 2.24. The molecule has 0 bridgehead atoms. The third kappa shape index (κ3) is 2.98. The molecule has 1 unspecified atom stereocenters. The maximum absolute atomic E-state index is 10.7. The molecule has 0 aliphatic carbocycles. The Balaban J connectivity index is 2.12. The molecule has 2 rings (SSSR count). The van der Waals surface area contributed by atoms with Crippen molar-refractivity contribution in [1.29, 1.82) is 0 Å². The molecule has 5 nitrogen and oxygen atoms in total. The number of hydrogen-bond acceptors (Lipinski definition) is 4. The molecule has 1 saturated heterocycles. The predicted molar refractivity (Wildman–Crippen MR) is 68.8 cm³/mol. The molecule has 0 N–H and O–H groups in total. The lowest BCUT2D eigenvalue weighted by molar-refractivity contribution is -0.384. The fraction of sp³-hybridized carbons (Fsp3) is 0.500. The number of nitrogens with zero attached hydrogens (tertiary/aromatic N) is 2. The van der Waals surface area contributed by atoms with Crippen molar-refractivity contribution in [3.63, 3.8) is 0 Å². The highest BCUT2D eigenvalue weighted by atomic mass is 35.5. The first-order valence-electron chi connectivity index (χ1n) is 5.78. The smallest absolute Gasteiger partial charge is 0.269 e. The van der Waals surface area contributed by atoms with Gasteiger partial charge in [-0.3, -0.25) is 15.0 Å². The molecule has 1 aliphatic rings. The lowest BCUT2D eigenvalue weighted by Gasteiger charge is -2.23. The quantitative estimate of drug-likeness (QED) is 0.623. The first kappa shape index (κ1) is 13.3. The van der Waals surface area contributed by atoms with Crippen LogP contribution in [0.2, 0.25) is 5.02 Å². The van der Waals surface area contributed by atoms with Crippen LogP contribution < -0.4 is 0 Å².